The molecular formula is C31H33F3N2O4. The molecule has 0 aliphatic heterocycles. The van der Waals surface area contributed by atoms with Gasteiger partial charge in [0.1, 0.15) is 5.78 Å². The fourth-order valence-electron chi connectivity index (χ4n) is 5.48. The Morgan fingerprint density at radius 3 is 2.27 bits per heavy atom. The molecule has 0 bridgehead atoms. The third kappa shape index (κ3) is 7.46. The molecule has 1 heterocycles. The highest BCUT2D eigenvalue weighted by molar-refractivity contribution is 5.97. The first-order chi connectivity index (χ1) is 19.0. The summed E-state index contributed by atoms with van der Waals surface area (Å²) in [6.07, 6.45) is 0.510. The number of carbonyl (C=O) groups is 3. The zero-order valence-electron chi connectivity index (χ0n) is 22.4. The largest absolute Gasteiger partial charge is 0.481 e. The maximum absolute atomic E-state index is 13.6. The van der Waals surface area contributed by atoms with Gasteiger partial charge in [-0.1, -0.05) is 42.5 Å². The molecule has 4 rings (SSSR count). The number of aryl methyl sites for hydroxylation is 1. The van der Waals surface area contributed by atoms with Crippen molar-refractivity contribution in [1.82, 2.24) is 9.78 Å². The van der Waals surface area contributed by atoms with Gasteiger partial charge in [-0.3, -0.25) is 14.4 Å². The number of para-hydroxylation sites is 1. The van der Waals surface area contributed by atoms with E-state index in [1.165, 1.54) is 5.56 Å². The number of ketones is 2. The van der Waals surface area contributed by atoms with Crippen LogP contribution in [0.5, 0.6) is 0 Å². The van der Waals surface area contributed by atoms with E-state index in [1.54, 1.807) is 31.2 Å². The maximum Gasteiger partial charge on any atom is 0.435 e. The molecule has 2 aromatic carbocycles. The molecule has 6 nitrogen and oxygen atoms in total. The Kier molecular flexibility index (Phi) is 9.22. The number of carboxylic acid groups (broad SMARTS) is 1. The van der Waals surface area contributed by atoms with E-state index >= 15 is 0 Å². The fraction of sp³-hybridized carbons (Fsp3) is 0.419. The highest BCUT2D eigenvalue weighted by Gasteiger charge is 2.39. The molecule has 1 aliphatic rings. The number of benzene rings is 2. The number of alkyl halides is 3. The first-order valence-electron chi connectivity index (χ1n) is 13.6. The standard InChI is InChI=1S/C31H33F3N2O4/c1-20-5-2-3-7-27(20)36-19-26(30(35-36)31(32,33)34)28(38)8-4-6-25(37)17-21-9-13-23(14-10-21)24-15-11-22(12-16-24)18-29(39)40/h2-3,5,7,9-10,13-14,19,22,24H,4,6,8,11-12,15-18H2,1H3,(H,39,40). The zero-order valence-corrected chi connectivity index (χ0v) is 22.4. The van der Waals surface area contributed by atoms with E-state index in [0.29, 0.717) is 11.6 Å². The van der Waals surface area contributed by atoms with Crippen LogP contribution in [0.2, 0.25) is 0 Å². The molecule has 0 saturated heterocycles. The second kappa shape index (κ2) is 12.6. The number of nitrogens with zero attached hydrogens (tertiary/aromatic N) is 2. The van der Waals surface area contributed by atoms with Crippen molar-refractivity contribution >= 4 is 17.5 Å². The molecule has 0 atom stereocenters. The van der Waals surface area contributed by atoms with Gasteiger partial charge < -0.3 is 5.11 Å². The van der Waals surface area contributed by atoms with Gasteiger partial charge in [-0.15, -0.1) is 0 Å². The number of rotatable bonds is 11. The van der Waals surface area contributed by atoms with E-state index in [-0.39, 0.29) is 43.8 Å². The number of hydrogen-bond acceptors (Lipinski definition) is 4. The molecule has 40 heavy (non-hydrogen) atoms. The van der Waals surface area contributed by atoms with Gasteiger partial charge in [0, 0.05) is 31.9 Å². The van der Waals surface area contributed by atoms with Gasteiger partial charge in [-0.25, -0.2) is 4.68 Å². The average Bonchev–Trinajstić information content (AvgIpc) is 3.36. The van der Waals surface area contributed by atoms with E-state index in [0.717, 1.165) is 47.7 Å². The number of aliphatic carboxylic acids is 1. The second-order valence-corrected chi connectivity index (χ2v) is 10.7. The van der Waals surface area contributed by atoms with Crippen LogP contribution in [-0.4, -0.2) is 32.4 Å². The minimum absolute atomic E-state index is 0.0821. The Hall–Kier alpha value is -3.75. The van der Waals surface area contributed by atoms with Gasteiger partial charge in [-0.05, 0) is 73.6 Å². The van der Waals surface area contributed by atoms with Crippen molar-refractivity contribution in [2.24, 2.45) is 5.92 Å². The Morgan fingerprint density at radius 1 is 0.975 bits per heavy atom. The molecule has 1 aromatic heterocycles. The van der Waals surface area contributed by atoms with Crippen LogP contribution in [0.15, 0.2) is 54.7 Å². The lowest BCUT2D eigenvalue weighted by atomic mass is 9.77. The van der Waals surface area contributed by atoms with E-state index in [2.05, 4.69) is 5.10 Å². The first kappa shape index (κ1) is 29.2. The summed E-state index contributed by atoms with van der Waals surface area (Å²) in [7, 11) is 0. The van der Waals surface area contributed by atoms with Gasteiger partial charge in [-0.2, -0.15) is 18.3 Å². The second-order valence-electron chi connectivity index (χ2n) is 10.7. The Bertz CT molecular complexity index is 1350. The summed E-state index contributed by atoms with van der Waals surface area (Å²) in [5.74, 6) is -0.898. The summed E-state index contributed by atoms with van der Waals surface area (Å²) < 4.78 is 42.0. The SMILES string of the molecule is Cc1ccccc1-n1cc(C(=O)CCCC(=O)Cc2ccc(C3CCC(CC(=O)O)CC3)cc2)c(C(F)(F)F)n1. The van der Waals surface area contributed by atoms with Crippen LogP contribution in [0.3, 0.4) is 0 Å². The summed E-state index contributed by atoms with van der Waals surface area (Å²) in [4.78, 5) is 36.2. The zero-order chi connectivity index (χ0) is 28.9. The molecule has 1 saturated carbocycles. The summed E-state index contributed by atoms with van der Waals surface area (Å²) in [6.45, 7) is 1.75. The van der Waals surface area contributed by atoms with Gasteiger partial charge >= 0.3 is 12.1 Å². The molecule has 0 spiro atoms. The molecular weight excluding hydrogens is 521 g/mol. The topological polar surface area (TPSA) is 89.3 Å². The van der Waals surface area contributed by atoms with E-state index < -0.39 is 29.2 Å². The summed E-state index contributed by atoms with van der Waals surface area (Å²) in [5.41, 5.74) is 1.50. The van der Waals surface area contributed by atoms with Crippen molar-refractivity contribution < 1.29 is 32.7 Å². The number of hydrogen-bond donors (Lipinski definition) is 1. The summed E-state index contributed by atoms with van der Waals surface area (Å²) >= 11 is 0. The van der Waals surface area contributed by atoms with Crippen molar-refractivity contribution in [1.29, 1.82) is 0 Å². The van der Waals surface area contributed by atoms with Crippen LogP contribution >= 0.6 is 0 Å². The molecule has 1 aliphatic carbocycles. The molecule has 1 fully saturated rings. The van der Waals surface area contributed by atoms with Crippen molar-refractivity contribution in [3.8, 4) is 5.69 Å². The number of carbonyl (C=O) groups excluding carboxylic acids is 2. The van der Waals surface area contributed by atoms with Crippen LogP contribution in [0.25, 0.3) is 5.69 Å². The maximum atomic E-state index is 13.6. The van der Waals surface area contributed by atoms with Crippen molar-refractivity contribution in [3.05, 3.63) is 82.7 Å². The minimum Gasteiger partial charge on any atom is -0.481 e. The number of halogens is 3. The number of aromatic nitrogens is 2. The Morgan fingerprint density at radius 2 is 1.65 bits per heavy atom. The summed E-state index contributed by atoms with van der Waals surface area (Å²) in [6, 6.07) is 14.7. The lowest BCUT2D eigenvalue weighted by Crippen LogP contribution is -2.16. The van der Waals surface area contributed by atoms with Crippen LogP contribution in [0, 0.1) is 12.8 Å². The van der Waals surface area contributed by atoms with Gasteiger partial charge in [0.25, 0.3) is 0 Å². The average molecular weight is 555 g/mol. The smallest absolute Gasteiger partial charge is 0.435 e. The number of carboxylic acids is 1. The molecule has 0 amide bonds. The van der Waals surface area contributed by atoms with Crippen LogP contribution in [0.1, 0.15) is 90.0 Å². The summed E-state index contributed by atoms with van der Waals surface area (Å²) in [5, 5.41) is 12.7. The number of Topliss-reactive ketones (excluding diaryl/α,β-unsaturated/α-hetero) is 2. The van der Waals surface area contributed by atoms with Gasteiger partial charge in [0.15, 0.2) is 11.5 Å². The van der Waals surface area contributed by atoms with E-state index in [1.807, 2.05) is 24.3 Å². The fourth-order valence-corrected chi connectivity index (χ4v) is 5.48. The molecule has 0 unspecified atom stereocenters. The van der Waals surface area contributed by atoms with Crippen LogP contribution < -0.4 is 0 Å². The third-order valence-electron chi connectivity index (χ3n) is 7.67. The molecule has 0 radical (unpaired) electrons. The molecule has 9 heteroatoms. The monoisotopic (exact) mass is 554 g/mol. The Labute approximate surface area is 231 Å². The van der Waals surface area contributed by atoms with E-state index in [4.69, 9.17) is 5.11 Å². The predicted molar refractivity (Wildman–Crippen MR) is 144 cm³/mol. The third-order valence-corrected chi connectivity index (χ3v) is 7.67. The molecule has 1 N–H and O–H groups in total. The van der Waals surface area contributed by atoms with Crippen LogP contribution in [0.4, 0.5) is 13.2 Å². The van der Waals surface area contributed by atoms with Crippen molar-refractivity contribution in [2.45, 2.75) is 76.8 Å². The predicted octanol–water partition coefficient (Wildman–Crippen LogP) is 7.11. The minimum atomic E-state index is -4.78. The Balaban J connectivity index is 1.29. The van der Waals surface area contributed by atoms with Crippen molar-refractivity contribution in [2.75, 3.05) is 0 Å². The van der Waals surface area contributed by atoms with Gasteiger partial charge in [0.2, 0.25) is 0 Å². The van der Waals surface area contributed by atoms with Crippen molar-refractivity contribution in [3.63, 3.8) is 0 Å². The van der Waals surface area contributed by atoms with Gasteiger partial charge in [0.05, 0.1) is 11.3 Å². The molecule has 3 aromatic rings. The highest BCUT2D eigenvalue weighted by Crippen LogP contribution is 2.37. The lowest BCUT2D eigenvalue weighted by Gasteiger charge is -2.28. The normalized spacial score (nSPS) is 17.5. The molecule has 212 valence electrons. The van der Waals surface area contributed by atoms with E-state index in [9.17, 15) is 27.6 Å². The highest BCUT2D eigenvalue weighted by atomic mass is 19.4. The quantitative estimate of drug-likeness (QED) is 0.255. The lowest BCUT2D eigenvalue weighted by molar-refractivity contribution is -0.141. The van der Waals surface area contributed by atoms with Crippen LogP contribution in [-0.2, 0) is 22.2 Å². The first-order valence-corrected chi connectivity index (χ1v) is 13.6.